The van der Waals surface area contributed by atoms with Crippen molar-refractivity contribution in [1.82, 2.24) is 15.0 Å². The van der Waals surface area contributed by atoms with Crippen LogP contribution >= 0.6 is 0 Å². The largest absolute Gasteiger partial charge is 0.494 e. The summed E-state index contributed by atoms with van der Waals surface area (Å²) in [6.07, 6.45) is 3.72. The lowest BCUT2D eigenvalue weighted by molar-refractivity contribution is 0.309. The Balaban J connectivity index is 1.40. The lowest BCUT2D eigenvalue weighted by Gasteiger charge is -2.12. The number of hydrogen-bond acceptors (Lipinski definition) is 8. The molecule has 9 nitrogen and oxygen atoms in total. The SMILES string of the molecule is CCCCOc1ccc(S(=O)(=O)Nc2ccc(Nc3cc(Nc4cc(C)ccn4)nc(C)n3)cc2)cc1. The maximum absolute atomic E-state index is 12.8. The van der Waals surface area contributed by atoms with E-state index < -0.39 is 10.0 Å². The number of nitrogens with zero attached hydrogens (tertiary/aromatic N) is 3. The molecule has 0 radical (unpaired) electrons. The molecule has 0 atom stereocenters. The minimum Gasteiger partial charge on any atom is -0.494 e. The first-order valence-corrected chi connectivity index (χ1v) is 13.5. The van der Waals surface area contributed by atoms with E-state index in [1.807, 2.05) is 26.0 Å². The molecular weight excluding hydrogens is 488 g/mol. The number of benzene rings is 2. The molecule has 0 aliphatic heterocycles. The number of unbranched alkanes of at least 4 members (excludes halogenated alkanes) is 1. The second kappa shape index (κ2) is 11.7. The number of hydrogen-bond donors (Lipinski definition) is 3. The summed E-state index contributed by atoms with van der Waals surface area (Å²) < 4.78 is 33.8. The van der Waals surface area contributed by atoms with Crippen LogP contribution in [0, 0.1) is 13.8 Å². The van der Waals surface area contributed by atoms with Gasteiger partial charge in [-0.3, -0.25) is 4.72 Å². The van der Waals surface area contributed by atoms with Gasteiger partial charge in [0, 0.05) is 23.6 Å². The van der Waals surface area contributed by atoms with Crippen molar-refractivity contribution in [3.63, 3.8) is 0 Å². The molecule has 0 aliphatic carbocycles. The van der Waals surface area contributed by atoms with Gasteiger partial charge in [-0.25, -0.2) is 23.4 Å². The highest BCUT2D eigenvalue weighted by Crippen LogP contribution is 2.23. The van der Waals surface area contributed by atoms with Gasteiger partial charge in [-0.2, -0.15) is 0 Å². The van der Waals surface area contributed by atoms with Crippen molar-refractivity contribution in [2.45, 2.75) is 38.5 Å². The highest BCUT2D eigenvalue weighted by atomic mass is 32.2. The minimum absolute atomic E-state index is 0.164. The molecule has 0 aliphatic rings. The molecule has 4 rings (SSSR count). The van der Waals surface area contributed by atoms with Crippen LogP contribution in [0.5, 0.6) is 5.75 Å². The molecule has 4 aromatic rings. The van der Waals surface area contributed by atoms with Gasteiger partial charge in [-0.1, -0.05) is 13.3 Å². The van der Waals surface area contributed by atoms with E-state index in [0.717, 1.165) is 24.1 Å². The molecule has 0 spiro atoms. The van der Waals surface area contributed by atoms with Crippen molar-refractivity contribution in [2.24, 2.45) is 0 Å². The average Bonchev–Trinajstić information content (AvgIpc) is 2.85. The summed E-state index contributed by atoms with van der Waals surface area (Å²) in [4.78, 5) is 13.3. The van der Waals surface area contributed by atoms with E-state index in [4.69, 9.17) is 4.74 Å². The lowest BCUT2D eigenvalue weighted by Crippen LogP contribution is -2.12. The number of sulfonamides is 1. The minimum atomic E-state index is -3.73. The van der Waals surface area contributed by atoms with Crippen LogP contribution in [0.2, 0.25) is 0 Å². The van der Waals surface area contributed by atoms with E-state index in [0.29, 0.717) is 41.3 Å². The molecule has 0 unspecified atom stereocenters. The Bertz CT molecular complexity index is 1440. The van der Waals surface area contributed by atoms with Crippen LogP contribution in [-0.4, -0.2) is 30.0 Å². The summed E-state index contributed by atoms with van der Waals surface area (Å²) in [6, 6.07) is 19.0. The van der Waals surface area contributed by atoms with Crippen LogP contribution in [0.25, 0.3) is 0 Å². The topological polar surface area (TPSA) is 118 Å². The first-order chi connectivity index (χ1) is 17.8. The molecule has 192 valence electrons. The summed E-state index contributed by atoms with van der Waals surface area (Å²) in [6.45, 7) is 6.50. The van der Waals surface area contributed by atoms with Gasteiger partial charge in [0.05, 0.1) is 11.5 Å². The van der Waals surface area contributed by atoms with Gasteiger partial charge in [0.15, 0.2) is 0 Å². The van der Waals surface area contributed by atoms with E-state index in [-0.39, 0.29) is 4.90 Å². The molecule has 2 aromatic heterocycles. The zero-order chi connectivity index (χ0) is 26.3. The van der Waals surface area contributed by atoms with Gasteiger partial charge in [0.1, 0.15) is 29.0 Å². The summed E-state index contributed by atoms with van der Waals surface area (Å²) in [5.41, 5.74) is 2.28. The van der Waals surface area contributed by atoms with Gasteiger partial charge in [0.25, 0.3) is 10.0 Å². The molecule has 10 heteroatoms. The predicted octanol–water partition coefficient (Wildman–Crippen LogP) is 5.96. The Morgan fingerprint density at radius 1 is 0.811 bits per heavy atom. The normalized spacial score (nSPS) is 11.1. The van der Waals surface area contributed by atoms with Crippen LogP contribution in [-0.2, 0) is 10.0 Å². The van der Waals surface area contributed by atoms with E-state index >= 15 is 0 Å². The summed E-state index contributed by atoms with van der Waals surface area (Å²) in [5, 5.41) is 6.42. The number of anilines is 5. The molecule has 0 fully saturated rings. The molecule has 2 aromatic carbocycles. The highest BCUT2D eigenvalue weighted by molar-refractivity contribution is 7.92. The van der Waals surface area contributed by atoms with Crippen molar-refractivity contribution >= 4 is 38.9 Å². The van der Waals surface area contributed by atoms with Crippen LogP contribution in [0.4, 0.5) is 28.8 Å². The van der Waals surface area contributed by atoms with Crippen LogP contribution in [0.3, 0.4) is 0 Å². The van der Waals surface area contributed by atoms with Crippen molar-refractivity contribution in [3.05, 3.63) is 84.3 Å². The first-order valence-electron chi connectivity index (χ1n) is 12.0. The summed E-state index contributed by atoms with van der Waals surface area (Å²) in [5.74, 6) is 3.14. The van der Waals surface area contributed by atoms with Gasteiger partial charge < -0.3 is 15.4 Å². The Morgan fingerprint density at radius 3 is 2.16 bits per heavy atom. The predicted molar refractivity (Wildman–Crippen MR) is 146 cm³/mol. The third-order valence-electron chi connectivity index (χ3n) is 5.32. The van der Waals surface area contributed by atoms with Crippen molar-refractivity contribution in [3.8, 4) is 5.75 Å². The molecule has 0 bridgehead atoms. The van der Waals surface area contributed by atoms with Gasteiger partial charge >= 0.3 is 0 Å². The summed E-state index contributed by atoms with van der Waals surface area (Å²) >= 11 is 0. The van der Waals surface area contributed by atoms with Crippen LogP contribution < -0.4 is 20.1 Å². The van der Waals surface area contributed by atoms with Gasteiger partial charge in [0.2, 0.25) is 0 Å². The maximum atomic E-state index is 12.8. The van der Waals surface area contributed by atoms with Crippen molar-refractivity contribution in [2.75, 3.05) is 22.0 Å². The molecular formula is C27H30N6O3S. The second-order valence-electron chi connectivity index (χ2n) is 8.51. The maximum Gasteiger partial charge on any atom is 0.261 e. The average molecular weight is 519 g/mol. The van der Waals surface area contributed by atoms with Crippen LogP contribution in [0.1, 0.15) is 31.2 Å². The molecule has 0 saturated carbocycles. The highest BCUT2D eigenvalue weighted by Gasteiger charge is 2.14. The standard InChI is InChI=1S/C27H30N6O3S/c1-4-5-16-36-23-10-12-24(13-11-23)37(34,35)33-22-8-6-21(7-9-22)31-26-18-27(30-20(3)29-26)32-25-17-19(2)14-15-28-25/h6-15,17-18,33H,4-5,16H2,1-3H3,(H2,28,29,30,31,32). The van der Waals surface area contributed by atoms with E-state index in [9.17, 15) is 8.42 Å². The monoisotopic (exact) mass is 518 g/mol. The fourth-order valence-electron chi connectivity index (χ4n) is 3.46. The lowest BCUT2D eigenvalue weighted by atomic mass is 10.3. The molecule has 0 saturated heterocycles. The van der Waals surface area contributed by atoms with Gasteiger partial charge in [-0.05, 0) is 86.5 Å². The molecule has 0 amide bonds. The Labute approximate surface area is 217 Å². The Kier molecular flexibility index (Phi) is 8.19. The number of aromatic nitrogens is 3. The smallest absolute Gasteiger partial charge is 0.261 e. The van der Waals surface area contributed by atoms with Crippen LogP contribution in [0.15, 0.2) is 77.8 Å². The molecule has 3 N–H and O–H groups in total. The third-order valence-corrected chi connectivity index (χ3v) is 6.72. The van der Waals surface area contributed by atoms with Gasteiger partial charge in [-0.15, -0.1) is 0 Å². The Hall–Kier alpha value is -4.18. The zero-order valence-electron chi connectivity index (χ0n) is 21.0. The van der Waals surface area contributed by atoms with E-state index in [2.05, 4.69) is 37.2 Å². The summed E-state index contributed by atoms with van der Waals surface area (Å²) in [7, 11) is -3.73. The zero-order valence-corrected chi connectivity index (χ0v) is 21.8. The number of aryl methyl sites for hydroxylation is 2. The van der Waals surface area contributed by atoms with Crippen molar-refractivity contribution < 1.29 is 13.2 Å². The fraction of sp³-hybridized carbons (Fsp3) is 0.222. The van der Waals surface area contributed by atoms with Crippen molar-refractivity contribution in [1.29, 1.82) is 0 Å². The number of pyridine rings is 1. The second-order valence-corrected chi connectivity index (χ2v) is 10.2. The third kappa shape index (κ3) is 7.40. The fourth-order valence-corrected chi connectivity index (χ4v) is 4.52. The van der Waals surface area contributed by atoms with E-state index in [1.54, 1.807) is 48.7 Å². The Morgan fingerprint density at radius 2 is 1.49 bits per heavy atom. The molecule has 37 heavy (non-hydrogen) atoms. The number of rotatable bonds is 11. The number of ether oxygens (including phenoxy) is 1. The number of nitrogens with one attached hydrogen (secondary N) is 3. The first kappa shape index (κ1) is 25.9. The quantitative estimate of drug-likeness (QED) is 0.208. The molecule has 2 heterocycles. The van der Waals surface area contributed by atoms with E-state index in [1.165, 1.54) is 12.1 Å².